The maximum atomic E-state index is 14.6. The summed E-state index contributed by atoms with van der Waals surface area (Å²) < 4.78 is 14.6. The molecule has 0 atom stereocenters. The maximum absolute atomic E-state index is 14.6. The van der Waals surface area contributed by atoms with Gasteiger partial charge in [0.1, 0.15) is 5.82 Å². The molecule has 0 aromatic heterocycles. The summed E-state index contributed by atoms with van der Waals surface area (Å²) >= 11 is 0. The molecule has 0 aliphatic rings. The fourth-order valence-electron chi connectivity index (χ4n) is 3.00. The predicted molar refractivity (Wildman–Crippen MR) is 101 cm³/mol. The highest BCUT2D eigenvalue weighted by atomic mass is 19.1. The second kappa shape index (κ2) is 7.44. The minimum Gasteiger partial charge on any atom is -0.206 e. The number of hydrogen-bond acceptors (Lipinski definition) is 0. The van der Waals surface area contributed by atoms with E-state index in [2.05, 4.69) is 50.2 Å². The van der Waals surface area contributed by atoms with Crippen molar-refractivity contribution < 1.29 is 4.39 Å². The van der Waals surface area contributed by atoms with Gasteiger partial charge in [-0.3, -0.25) is 0 Å². The van der Waals surface area contributed by atoms with Crippen molar-refractivity contribution in [2.45, 2.75) is 33.1 Å². The van der Waals surface area contributed by atoms with Crippen molar-refractivity contribution in [2.75, 3.05) is 0 Å². The normalized spacial score (nSPS) is 10.8. The highest BCUT2D eigenvalue weighted by Gasteiger charge is 2.07. The SMILES string of the molecule is CCCc1ccc(-c2ccc(-c3ccc(CC)cc3)cc2F)cc1. The molecular weight excluding hydrogens is 295 g/mol. The van der Waals surface area contributed by atoms with Crippen molar-refractivity contribution >= 4 is 0 Å². The van der Waals surface area contributed by atoms with Crippen LogP contribution in [0.25, 0.3) is 22.3 Å². The molecule has 0 N–H and O–H groups in total. The van der Waals surface area contributed by atoms with Gasteiger partial charge in [0.25, 0.3) is 0 Å². The monoisotopic (exact) mass is 318 g/mol. The van der Waals surface area contributed by atoms with Gasteiger partial charge < -0.3 is 0 Å². The van der Waals surface area contributed by atoms with E-state index in [0.717, 1.165) is 36.0 Å². The van der Waals surface area contributed by atoms with Gasteiger partial charge in [0.05, 0.1) is 0 Å². The van der Waals surface area contributed by atoms with Gasteiger partial charge in [-0.15, -0.1) is 0 Å². The molecule has 0 radical (unpaired) electrons. The maximum Gasteiger partial charge on any atom is 0.131 e. The molecule has 3 rings (SSSR count). The summed E-state index contributed by atoms with van der Waals surface area (Å²) in [5.41, 5.74) is 6.15. The molecule has 0 saturated heterocycles. The Morgan fingerprint density at radius 3 is 1.83 bits per heavy atom. The molecule has 0 saturated carbocycles. The van der Waals surface area contributed by atoms with E-state index in [1.54, 1.807) is 6.07 Å². The Morgan fingerprint density at radius 2 is 1.25 bits per heavy atom. The van der Waals surface area contributed by atoms with Gasteiger partial charge in [-0.05, 0) is 46.7 Å². The predicted octanol–water partition coefficient (Wildman–Crippen LogP) is 6.67. The second-order valence-corrected chi connectivity index (χ2v) is 6.19. The average Bonchev–Trinajstić information content (AvgIpc) is 2.63. The van der Waals surface area contributed by atoms with Crippen LogP contribution < -0.4 is 0 Å². The van der Waals surface area contributed by atoms with E-state index >= 15 is 0 Å². The quantitative estimate of drug-likeness (QED) is 0.492. The molecule has 0 spiro atoms. The number of hydrogen-bond donors (Lipinski definition) is 0. The van der Waals surface area contributed by atoms with E-state index in [4.69, 9.17) is 0 Å². The van der Waals surface area contributed by atoms with Gasteiger partial charge in [-0.2, -0.15) is 0 Å². The zero-order chi connectivity index (χ0) is 16.9. The van der Waals surface area contributed by atoms with Crippen molar-refractivity contribution in [1.82, 2.24) is 0 Å². The fourth-order valence-corrected chi connectivity index (χ4v) is 3.00. The fraction of sp³-hybridized carbons (Fsp3) is 0.217. The van der Waals surface area contributed by atoms with Gasteiger partial charge in [0.15, 0.2) is 0 Å². The van der Waals surface area contributed by atoms with Gasteiger partial charge in [-0.25, -0.2) is 4.39 Å². The summed E-state index contributed by atoms with van der Waals surface area (Å²) in [6.07, 6.45) is 3.20. The van der Waals surface area contributed by atoms with Crippen LogP contribution in [0.1, 0.15) is 31.4 Å². The lowest BCUT2D eigenvalue weighted by molar-refractivity contribution is 0.632. The van der Waals surface area contributed by atoms with Crippen LogP contribution in [0.3, 0.4) is 0 Å². The Hall–Kier alpha value is -2.41. The highest BCUT2D eigenvalue weighted by Crippen LogP contribution is 2.28. The lowest BCUT2D eigenvalue weighted by Crippen LogP contribution is -1.88. The summed E-state index contributed by atoms with van der Waals surface area (Å²) in [4.78, 5) is 0. The second-order valence-electron chi connectivity index (χ2n) is 6.19. The lowest BCUT2D eigenvalue weighted by Gasteiger charge is -2.08. The first-order chi connectivity index (χ1) is 11.7. The number of aryl methyl sites for hydroxylation is 2. The molecule has 0 nitrogen and oxygen atoms in total. The third kappa shape index (κ3) is 3.56. The molecule has 0 aliphatic heterocycles. The molecule has 24 heavy (non-hydrogen) atoms. The molecular formula is C23H23F. The van der Waals surface area contributed by atoms with E-state index in [1.165, 1.54) is 11.1 Å². The van der Waals surface area contributed by atoms with Crippen LogP contribution in [0.4, 0.5) is 4.39 Å². The smallest absolute Gasteiger partial charge is 0.131 e. The van der Waals surface area contributed by atoms with E-state index in [-0.39, 0.29) is 5.82 Å². The van der Waals surface area contributed by atoms with Crippen molar-refractivity contribution in [3.63, 3.8) is 0 Å². The van der Waals surface area contributed by atoms with E-state index < -0.39 is 0 Å². The van der Waals surface area contributed by atoms with Gasteiger partial charge in [-0.1, -0.05) is 80.9 Å². The standard InChI is InChI=1S/C23H23F/c1-3-5-18-8-12-20(13-9-18)22-15-14-21(16-23(22)24)19-10-6-17(4-2)7-11-19/h6-16H,3-5H2,1-2H3. The van der Waals surface area contributed by atoms with Crippen LogP contribution in [0.15, 0.2) is 66.7 Å². The molecule has 122 valence electrons. The molecule has 3 aromatic rings. The van der Waals surface area contributed by atoms with Gasteiger partial charge in [0.2, 0.25) is 0 Å². The largest absolute Gasteiger partial charge is 0.206 e. The van der Waals surface area contributed by atoms with Crippen LogP contribution in [-0.2, 0) is 12.8 Å². The summed E-state index contributed by atoms with van der Waals surface area (Å²) in [6, 6.07) is 22.1. The number of benzene rings is 3. The molecule has 0 fully saturated rings. The Kier molecular flexibility index (Phi) is 5.10. The van der Waals surface area contributed by atoms with Crippen molar-refractivity contribution in [3.05, 3.63) is 83.7 Å². The van der Waals surface area contributed by atoms with E-state index in [9.17, 15) is 4.39 Å². The summed E-state index contributed by atoms with van der Waals surface area (Å²) in [5, 5.41) is 0. The topological polar surface area (TPSA) is 0 Å². The van der Waals surface area contributed by atoms with Crippen molar-refractivity contribution in [2.24, 2.45) is 0 Å². The summed E-state index contributed by atoms with van der Waals surface area (Å²) in [5.74, 6) is -0.171. The summed E-state index contributed by atoms with van der Waals surface area (Å²) in [6.45, 7) is 4.30. The number of halogens is 1. The minimum atomic E-state index is -0.171. The minimum absolute atomic E-state index is 0.171. The van der Waals surface area contributed by atoms with Gasteiger partial charge >= 0.3 is 0 Å². The van der Waals surface area contributed by atoms with Crippen LogP contribution in [0, 0.1) is 5.82 Å². The zero-order valence-corrected chi connectivity index (χ0v) is 14.4. The van der Waals surface area contributed by atoms with E-state index in [1.807, 2.05) is 24.3 Å². The lowest BCUT2D eigenvalue weighted by atomic mass is 9.97. The molecule has 0 heterocycles. The molecule has 0 bridgehead atoms. The third-order valence-electron chi connectivity index (χ3n) is 4.47. The summed E-state index contributed by atoms with van der Waals surface area (Å²) in [7, 11) is 0. The van der Waals surface area contributed by atoms with Gasteiger partial charge in [0, 0.05) is 5.56 Å². The molecule has 0 unspecified atom stereocenters. The van der Waals surface area contributed by atoms with Crippen molar-refractivity contribution in [1.29, 1.82) is 0 Å². The molecule has 3 aromatic carbocycles. The molecule has 1 heteroatoms. The average molecular weight is 318 g/mol. The first kappa shape index (κ1) is 16.4. The first-order valence-electron chi connectivity index (χ1n) is 8.69. The van der Waals surface area contributed by atoms with Crippen molar-refractivity contribution in [3.8, 4) is 22.3 Å². The van der Waals surface area contributed by atoms with Crippen LogP contribution in [-0.4, -0.2) is 0 Å². The van der Waals surface area contributed by atoms with E-state index in [0.29, 0.717) is 5.56 Å². The van der Waals surface area contributed by atoms with Crippen LogP contribution >= 0.6 is 0 Å². The van der Waals surface area contributed by atoms with Crippen LogP contribution in [0.5, 0.6) is 0 Å². The Bertz CT molecular complexity index is 798. The molecule has 0 amide bonds. The highest BCUT2D eigenvalue weighted by molar-refractivity contribution is 5.71. The third-order valence-corrected chi connectivity index (χ3v) is 4.47. The zero-order valence-electron chi connectivity index (χ0n) is 14.4. The number of rotatable bonds is 5. The van der Waals surface area contributed by atoms with Crippen LogP contribution in [0.2, 0.25) is 0 Å². The Morgan fingerprint density at radius 1 is 0.667 bits per heavy atom. The Balaban J connectivity index is 1.88. The Labute approximate surface area is 144 Å². The molecule has 0 aliphatic carbocycles. The first-order valence-corrected chi connectivity index (χ1v) is 8.69.